The van der Waals surface area contributed by atoms with Gasteiger partial charge in [-0.05, 0) is 32.2 Å². The number of nitriles is 1. The fraction of sp³-hybridized carbons (Fsp3) is 0.273. The van der Waals surface area contributed by atoms with Gasteiger partial charge < -0.3 is 10.6 Å². The smallest absolute Gasteiger partial charge is 0.241 e. The predicted molar refractivity (Wildman–Crippen MR) is 63.3 cm³/mol. The maximum absolute atomic E-state index is 11.6. The Morgan fingerprint density at radius 2 is 2.25 bits per heavy atom. The molecule has 0 heterocycles. The van der Waals surface area contributed by atoms with Crippen LogP contribution < -0.4 is 10.6 Å². The maximum atomic E-state index is 11.6. The molecule has 2 N–H and O–H groups in total. The van der Waals surface area contributed by atoms with Gasteiger partial charge in [-0.25, -0.2) is 0 Å². The summed E-state index contributed by atoms with van der Waals surface area (Å²) in [5.41, 5.74) is 0.907. The highest BCUT2D eigenvalue weighted by atomic mass is 35.5. The zero-order chi connectivity index (χ0) is 12.1. The second-order valence-electron chi connectivity index (χ2n) is 3.31. The van der Waals surface area contributed by atoms with E-state index in [2.05, 4.69) is 10.6 Å². The van der Waals surface area contributed by atoms with Crippen molar-refractivity contribution in [1.29, 1.82) is 5.26 Å². The highest BCUT2D eigenvalue weighted by Crippen LogP contribution is 2.22. The number of hydrogen-bond donors (Lipinski definition) is 2. The number of benzene rings is 1. The number of carbonyl (C=O) groups is 1. The lowest BCUT2D eigenvalue weighted by atomic mass is 10.2. The van der Waals surface area contributed by atoms with Crippen molar-refractivity contribution in [3.63, 3.8) is 0 Å². The molecule has 1 rings (SSSR count). The Balaban J connectivity index is 2.89. The van der Waals surface area contributed by atoms with Crippen LogP contribution in [-0.4, -0.2) is 19.0 Å². The number of hydrogen-bond acceptors (Lipinski definition) is 3. The zero-order valence-corrected chi connectivity index (χ0v) is 9.80. The highest BCUT2D eigenvalue weighted by Gasteiger charge is 2.12. The summed E-state index contributed by atoms with van der Waals surface area (Å²) in [6, 6.07) is 6.39. The van der Waals surface area contributed by atoms with Crippen molar-refractivity contribution in [2.24, 2.45) is 0 Å². The molecule has 0 radical (unpaired) electrons. The second kappa shape index (κ2) is 5.50. The Bertz CT molecular complexity index is 439. The van der Waals surface area contributed by atoms with Gasteiger partial charge in [-0.3, -0.25) is 4.79 Å². The molecule has 1 atom stereocenters. The van der Waals surface area contributed by atoms with Crippen LogP contribution in [0.2, 0.25) is 5.02 Å². The second-order valence-corrected chi connectivity index (χ2v) is 3.71. The SMILES string of the molecule is CNC(C)C(=O)Nc1cc(C#N)ccc1Cl. The molecular formula is C11H12ClN3O. The molecule has 1 amide bonds. The van der Waals surface area contributed by atoms with Crippen LogP contribution in [0.15, 0.2) is 18.2 Å². The van der Waals surface area contributed by atoms with Crippen LogP contribution >= 0.6 is 11.6 Å². The maximum Gasteiger partial charge on any atom is 0.241 e. The molecule has 0 aliphatic carbocycles. The molecule has 4 nitrogen and oxygen atoms in total. The van der Waals surface area contributed by atoms with Gasteiger partial charge in [0.25, 0.3) is 0 Å². The first-order valence-electron chi connectivity index (χ1n) is 4.76. The van der Waals surface area contributed by atoms with Crippen LogP contribution in [-0.2, 0) is 4.79 Å². The molecule has 0 aliphatic heterocycles. The molecule has 0 aromatic heterocycles. The molecule has 0 spiro atoms. The first-order chi connectivity index (χ1) is 7.58. The molecule has 0 aliphatic rings. The minimum atomic E-state index is -0.318. The molecule has 5 heteroatoms. The summed E-state index contributed by atoms with van der Waals surface area (Å²) in [6.07, 6.45) is 0. The summed E-state index contributed by atoms with van der Waals surface area (Å²) >= 11 is 5.90. The Morgan fingerprint density at radius 3 is 2.81 bits per heavy atom. The van der Waals surface area contributed by atoms with Crippen LogP contribution in [0.5, 0.6) is 0 Å². The van der Waals surface area contributed by atoms with E-state index < -0.39 is 0 Å². The van der Waals surface area contributed by atoms with Crippen molar-refractivity contribution >= 4 is 23.2 Å². The lowest BCUT2D eigenvalue weighted by molar-refractivity contribution is -0.117. The minimum Gasteiger partial charge on any atom is -0.323 e. The molecule has 16 heavy (non-hydrogen) atoms. The Kier molecular flexibility index (Phi) is 4.29. The molecule has 0 bridgehead atoms. The van der Waals surface area contributed by atoms with Crippen LogP contribution in [0.25, 0.3) is 0 Å². The average molecular weight is 238 g/mol. The number of halogens is 1. The van der Waals surface area contributed by atoms with Crippen molar-refractivity contribution in [3.05, 3.63) is 28.8 Å². The van der Waals surface area contributed by atoms with E-state index in [4.69, 9.17) is 16.9 Å². The minimum absolute atomic E-state index is 0.195. The van der Waals surface area contributed by atoms with E-state index in [9.17, 15) is 4.79 Å². The third-order valence-corrected chi connectivity index (χ3v) is 2.51. The first kappa shape index (κ1) is 12.5. The summed E-state index contributed by atoms with van der Waals surface area (Å²) in [6.45, 7) is 1.73. The average Bonchev–Trinajstić information content (AvgIpc) is 2.30. The monoisotopic (exact) mass is 237 g/mol. The predicted octanol–water partition coefficient (Wildman–Crippen LogP) is 1.76. The van der Waals surface area contributed by atoms with Crippen molar-refractivity contribution in [3.8, 4) is 6.07 Å². The summed E-state index contributed by atoms with van der Waals surface area (Å²) < 4.78 is 0. The summed E-state index contributed by atoms with van der Waals surface area (Å²) in [7, 11) is 1.69. The van der Waals surface area contributed by atoms with E-state index >= 15 is 0 Å². The van der Waals surface area contributed by atoms with Gasteiger partial charge in [0.05, 0.1) is 28.4 Å². The number of amides is 1. The Morgan fingerprint density at radius 1 is 1.56 bits per heavy atom. The van der Waals surface area contributed by atoms with Crippen molar-refractivity contribution in [2.45, 2.75) is 13.0 Å². The van der Waals surface area contributed by atoms with Gasteiger partial charge in [0.15, 0.2) is 0 Å². The van der Waals surface area contributed by atoms with Gasteiger partial charge in [-0.2, -0.15) is 5.26 Å². The number of nitrogens with zero attached hydrogens (tertiary/aromatic N) is 1. The van der Waals surface area contributed by atoms with E-state index in [-0.39, 0.29) is 11.9 Å². The van der Waals surface area contributed by atoms with Gasteiger partial charge in [0.2, 0.25) is 5.91 Å². The van der Waals surface area contributed by atoms with E-state index in [1.807, 2.05) is 6.07 Å². The third kappa shape index (κ3) is 2.96. The molecule has 0 fully saturated rings. The van der Waals surface area contributed by atoms with Gasteiger partial charge in [0, 0.05) is 0 Å². The lowest BCUT2D eigenvalue weighted by Crippen LogP contribution is -2.35. The topological polar surface area (TPSA) is 64.9 Å². The normalized spacial score (nSPS) is 11.6. The fourth-order valence-corrected chi connectivity index (χ4v) is 1.23. The molecule has 1 unspecified atom stereocenters. The van der Waals surface area contributed by atoms with Crippen molar-refractivity contribution < 1.29 is 4.79 Å². The van der Waals surface area contributed by atoms with Crippen LogP contribution in [0.1, 0.15) is 12.5 Å². The van der Waals surface area contributed by atoms with Crippen molar-refractivity contribution in [1.82, 2.24) is 5.32 Å². The van der Waals surface area contributed by atoms with E-state index in [0.29, 0.717) is 16.3 Å². The molecule has 1 aromatic rings. The summed E-state index contributed by atoms with van der Waals surface area (Å²) in [4.78, 5) is 11.6. The van der Waals surface area contributed by atoms with Crippen LogP contribution in [0, 0.1) is 11.3 Å². The number of anilines is 1. The van der Waals surface area contributed by atoms with E-state index in [1.54, 1.807) is 32.2 Å². The van der Waals surface area contributed by atoms with Crippen molar-refractivity contribution in [2.75, 3.05) is 12.4 Å². The Hall–Kier alpha value is -1.57. The Labute approximate surface area is 99.2 Å². The van der Waals surface area contributed by atoms with Gasteiger partial charge >= 0.3 is 0 Å². The molecule has 0 saturated carbocycles. The first-order valence-corrected chi connectivity index (χ1v) is 5.14. The quantitative estimate of drug-likeness (QED) is 0.842. The lowest BCUT2D eigenvalue weighted by Gasteiger charge is -2.12. The van der Waals surface area contributed by atoms with E-state index in [1.165, 1.54) is 0 Å². The van der Waals surface area contributed by atoms with Crippen LogP contribution in [0.4, 0.5) is 5.69 Å². The zero-order valence-electron chi connectivity index (χ0n) is 9.04. The largest absolute Gasteiger partial charge is 0.323 e. The molecule has 84 valence electrons. The molecular weight excluding hydrogens is 226 g/mol. The van der Waals surface area contributed by atoms with Gasteiger partial charge in [-0.15, -0.1) is 0 Å². The summed E-state index contributed by atoms with van der Waals surface area (Å²) in [5.74, 6) is -0.195. The molecule has 1 aromatic carbocycles. The number of nitrogens with one attached hydrogen (secondary N) is 2. The third-order valence-electron chi connectivity index (χ3n) is 2.18. The summed E-state index contributed by atoms with van der Waals surface area (Å²) in [5, 5.41) is 14.6. The molecule has 0 saturated heterocycles. The number of likely N-dealkylation sites (N-methyl/N-ethyl adjacent to an activating group) is 1. The van der Waals surface area contributed by atoms with Gasteiger partial charge in [0.1, 0.15) is 0 Å². The fourth-order valence-electron chi connectivity index (χ4n) is 1.06. The van der Waals surface area contributed by atoms with E-state index in [0.717, 1.165) is 0 Å². The number of carbonyl (C=O) groups excluding carboxylic acids is 1. The van der Waals surface area contributed by atoms with Gasteiger partial charge in [-0.1, -0.05) is 11.6 Å². The highest BCUT2D eigenvalue weighted by molar-refractivity contribution is 6.33. The van der Waals surface area contributed by atoms with Crippen LogP contribution in [0.3, 0.4) is 0 Å². The number of rotatable bonds is 3. The standard InChI is InChI=1S/C11H12ClN3O/c1-7(14-2)11(16)15-10-5-8(6-13)3-4-9(10)12/h3-5,7,14H,1-2H3,(H,15,16).